The third-order valence-electron chi connectivity index (χ3n) is 4.53. The quantitative estimate of drug-likeness (QED) is 0.797. The summed E-state index contributed by atoms with van der Waals surface area (Å²) in [4.78, 5) is 12.1. The van der Waals surface area contributed by atoms with Gasteiger partial charge in [0.05, 0.1) is 11.2 Å². The van der Waals surface area contributed by atoms with E-state index in [9.17, 15) is 9.18 Å². The van der Waals surface area contributed by atoms with E-state index in [1.54, 1.807) is 12.1 Å². The van der Waals surface area contributed by atoms with Crippen molar-refractivity contribution >= 4 is 11.7 Å². The predicted octanol–water partition coefficient (Wildman–Crippen LogP) is 3.24. The summed E-state index contributed by atoms with van der Waals surface area (Å²) in [7, 11) is 0. The predicted molar refractivity (Wildman–Crippen MR) is 82.6 cm³/mol. The molecular weight excluding hydrogens is 269 g/mol. The standard InChI is InChI=1S/C16H24FN3O/c1-2-12-7-9-16(11-18,10-8-12)20-15(21)19-14-6-4-3-5-13(14)17/h3-6,12H,2,7-11,18H2,1H3,(H2,19,20,21). The van der Waals surface area contributed by atoms with Crippen LogP contribution in [0, 0.1) is 11.7 Å². The van der Waals surface area contributed by atoms with Gasteiger partial charge in [-0.1, -0.05) is 25.5 Å². The number of hydrogen-bond donors (Lipinski definition) is 3. The first-order valence-corrected chi connectivity index (χ1v) is 7.62. The molecule has 0 saturated heterocycles. The number of urea groups is 1. The molecule has 0 radical (unpaired) electrons. The second kappa shape index (κ2) is 6.89. The first-order chi connectivity index (χ1) is 10.1. The van der Waals surface area contributed by atoms with Crippen molar-refractivity contribution < 1.29 is 9.18 Å². The molecule has 0 bridgehead atoms. The summed E-state index contributed by atoms with van der Waals surface area (Å²) in [5, 5.41) is 5.52. The Morgan fingerprint density at radius 1 is 1.38 bits per heavy atom. The summed E-state index contributed by atoms with van der Waals surface area (Å²) in [6.45, 7) is 2.60. The molecule has 4 N–H and O–H groups in total. The Bertz CT molecular complexity index is 484. The van der Waals surface area contributed by atoms with Gasteiger partial charge in [-0.25, -0.2) is 9.18 Å². The van der Waals surface area contributed by atoms with Gasteiger partial charge in [0.1, 0.15) is 5.82 Å². The van der Waals surface area contributed by atoms with Crippen molar-refractivity contribution in [1.82, 2.24) is 5.32 Å². The van der Waals surface area contributed by atoms with Crippen molar-refractivity contribution in [3.63, 3.8) is 0 Å². The fourth-order valence-corrected chi connectivity index (χ4v) is 2.98. The third kappa shape index (κ3) is 3.94. The van der Waals surface area contributed by atoms with Crippen LogP contribution in [0.4, 0.5) is 14.9 Å². The summed E-state index contributed by atoms with van der Waals surface area (Å²) in [6, 6.07) is 5.74. The van der Waals surface area contributed by atoms with Crippen molar-refractivity contribution in [2.75, 3.05) is 11.9 Å². The minimum absolute atomic E-state index is 0.185. The van der Waals surface area contributed by atoms with Crippen LogP contribution >= 0.6 is 0 Å². The Labute approximate surface area is 125 Å². The van der Waals surface area contributed by atoms with Gasteiger partial charge >= 0.3 is 6.03 Å². The van der Waals surface area contributed by atoms with Crippen LogP contribution in [-0.2, 0) is 0 Å². The molecule has 1 fully saturated rings. The van der Waals surface area contributed by atoms with Crippen LogP contribution in [0.25, 0.3) is 0 Å². The smallest absolute Gasteiger partial charge is 0.319 e. The molecule has 1 saturated carbocycles. The maximum absolute atomic E-state index is 13.5. The molecule has 2 amide bonds. The molecule has 1 aromatic carbocycles. The lowest BCUT2D eigenvalue weighted by molar-refractivity contribution is 0.189. The number of hydrogen-bond acceptors (Lipinski definition) is 2. The number of nitrogens with one attached hydrogen (secondary N) is 2. The van der Waals surface area contributed by atoms with Crippen molar-refractivity contribution in [2.45, 2.75) is 44.6 Å². The topological polar surface area (TPSA) is 67.1 Å². The molecule has 1 aliphatic rings. The summed E-state index contributed by atoms with van der Waals surface area (Å²) >= 11 is 0. The monoisotopic (exact) mass is 293 g/mol. The van der Waals surface area contributed by atoms with Gasteiger partial charge in [0.25, 0.3) is 0 Å². The third-order valence-corrected chi connectivity index (χ3v) is 4.53. The zero-order valence-corrected chi connectivity index (χ0v) is 12.5. The maximum atomic E-state index is 13.5. The van der Waals surface area contributed by atoms with E-state index in [2.05, 4.69) is 17.6 Å². The average Bonchev–Trinajstić information content (AvgIpc) is 2.50. The van der Waals surface area contributed by atoms with Gasteiger partial charge in [0, 0.05) is 6.54 Å². The Kier molecular flexibility index (Phi) is 5.17. The van der Waals surface area contributed by atoms with Crippen LogP contribution in [0.2, 0.25) is 0 Å². The number of benzene rings is 1. The molecule has 4 nitrogen and oxygen atoms in total. The highest BCUT2D eigenvalue weighted by Crippen LogP contribution is 2.33. The summed E-state index contributed by atoms with van der Waals surface area (Å²) in [5.41, 5.74) is 5.70. The van der Waals surface area contributed by atoms with Gasteiger partial charge in [0.2, 0.25) is 0 Å². The number of nitrogens with two attached hydrogens (primary N) is 1. The van der Waals surface area contributed by atoms with Crippen LogP contribution in [0.1, 0.15) is 39.0 Å². The summed E-state index contributed by atoms with van der Waals surface area (Å²) < 4.78 is 13.5. The molecule has 0 spiro atoms. The van der Waals surface area contributed by atoms with Crippen LogP contribution in [0.5, 0.6) is 0 Å². The van der Waals surface area contributed by atoms with Crippen LogP contribution in [-0.4, -0.2) is 18.1 Å². The van der Waals surface area contributed by atoms with Crippen molar-refractivity contribution in [3.8, 4) is 0 Å². The van der Waals surface area contributed by atoms with E-state index < -0.39 is 5.82 Å². The molecule has 21 heavy (non-hydrogen) atoms. The molecule has 0 unspecified atom stereocenters. The molecule has 2 rings (SSSR count). The van der Waals surface area contributed by atoms with E-state index in [0.717, 1.165) is 31.6 Å². The first-order valence-electron chi connectivity index (χ1n) is 7.62. The fraction of sp³-hybridized carbons (Fsp3) is 0.562. The second-order valence-electron chi connectivity index (χ2n) is 5.90. The number of amides is 2. The van der Waals surface area contributed by atoms with E-state index in [1.807, 2.05) is 0 Å². The molecule has 1 aromatic rings. The number of carbonyl (C=O) groups is 1. The van der Waals surface area contributed by atoms with Gasteiger partial charge in [-0.05, 0) is 43.7 Å². The second-order valence-corrected chi connectivity index (χ2v) is 5.90. The Morgan fingerprint density at radius 3 is 2.62 bits per heavy atom. The van der Waals surface area contributed by atoms with E-state index in [1.165, 1.54) is 18.6 Å². The molecule has 116 valence electrons. The van der Waals surface area contributed by atoms with Crippen molar-refractivity contribution in [2.24, 2.45) is 11.7 Å². The average molecular weight is 293 g/mol. The Balaban J connectivity index is 1.96. The molecule has 5 heteroatoms. The fourth-order valence-electron chi connectivity index (χ4n) is 2.98. The number of carbonyl (C=O) groups excluding carboxylic acids is 1. The number of anilines is 1. The minimum atomic E-state index is -0.441. The molecule has 1 aliphatic carbocycles. The minimum Gasteiger partial charge on any atom is -0.331 e. The first kappa shape index (κ1) is 15.8. The normalized spacial score (nSPS) is 25.4. The van der Waals surface area contributed by atoms with E-state index in [0.29, 0.717) is 6.54 Å². The van der Waals surface area contributed by atoms with Crippen molar-refractivity contribution in [3.05, 3.63) is 30.1 Å². The number of halogens is 1. The summed E-state index contributed by atoms with van der Waals surface area (Å²) in [6.07, 6.45) is 5.09. The van der Waals surface area contributed by atoms with Gasteiger partial charge < -0.3 is 16.4 Å². The van der Waals surface area contributed by atoms with Crippen LogP contribution in [0.15, 0.2) is 24.3 Å². The zero-order valence-electron chi connectivity index (χ0n) is 12.5. The van der Waals surface area contributed by atoms with Crippen molar-refractivity contribution in [1.29, 1.82) is 0 Å². The lowest BCUT2D eigenvalue weighted by Gasteiger charge is -2.39. The lowest BCUT2D eigenvalue weighted by atomic mass is 9.75. The van der Waals surface area contributed by atoms with E-state index >= 15 is 0 Å². The Morgan fingerprint density at radius 2 is 2.05 bits per heavy atom. The maximum Gasteiger partial charge on any atom is 0.319 e. The highest BCUT2D eigenvalue weighted by molar-refractivity contribution is 5.89. The zero-order chi connectivity index (χ0) is 15.3. The molecular formula is C16H24FN3O. The highest BCUT2D eigenvalue weighted by atomic mass is 19.1. The lowest BCUT2D eigenvalue weighted by Crippen LogP contribution is -2.56. The van der Waals surface area contributed by atoms with Crippen LogP contribution in [0.3, 0.4) is 0 Å². The summed E-state index contributed by atoms with van der Waals surface area (Å²) in [5.74, 6) is 0.283. The number of para-hydroxylation sites is 1. The van der Waals surface area contributed by atoms with Gasteiger partial charge in [-0.2, -0.15) is 0 Å². The largest absolute Gasteiger partial charge is 0.331 e. The Hall–Kier alpha value is -1.62. The highest BCUT2D eigenvalue weighted by Gasteiger charge is 2.35. The molecule has 0 heterocycles. The van der Waals surface area contributed by atoms with Gasteiger partial charge in [-0.15, -0.1) is 0 Å². The molecule has 0 atom stereocenters. The SMILES string of the molecule is CCC1CCC(CN)(NC(=O)Nc2ccccc2F)CC1. The molecule has 0 aromatic heterocycles. The molecule has 0 aliphatic heterocycles. The van der Waals surface area contributed by atoms with E-state index in [4.69, 9.17) is 5.73 Å². The van der Waals surface area contributed by atoms with Gasteiger partial charge in [0.15, 0.2) is 0 Å². The number of rotatable bonds is 4. The van der Waals surface area contributed by atoms with Crippen LogP contribution < -0.4 is 16.4 Å². The van der Waals surface area contributed by atoms with E-state index in [-0.39, 0.29) is 17.3 Å². The van der Waals surface area contributed by atoms with Gasteiger partial charge in [-0.3, -0.25) is 0 Å².